The van der Waals surface area contributed by atoms with E-state index in [1.165, 1.54) is 63.4 Å². The molecule has 0 radical (unpaired) electrons. The first-order valence-electron chi connectivity index (χ1n) is 10.4. The molecule has 0 aromatic carbocycles. The van der Waals surface area contributed by atoms with Crippen LogP contribution in [0.25, 0.3) is 0 Å². The van der Waals surface area contributed by atoms with Gasteiger partial charge in [-0.2, -0.15) is 0 Å². The minimum absolute atomic E-state index is 0.0119. The molecule has 3 nitrogen and oxygen atoms in total. The maximum absolute atomic E-state index is 2.84. The maximum atomic E-state index is 2.84. The van der Waals surface area contributed by atoms with Crippen molar-refractivity contribution in [2.24, 2.45) is 0 Å². The van der Waals surface area contributed by atoms with Crippen LogP contribution < -0.4 is 0 Å². The van der Waals surface area contributed by atoms with Gasteiger partial charge in [-0.25, -0.2) is 0 Å². The summed E-state index contributed by atoms with van der Waals surface area (Å²) in [6.07, 6.45) is 1.41. The summed E-state index contributed by atoms with van der Waals surface area (Å²) in [4.78, 5) is 0. The van der Waals surface area contributed by atoms with Crippen molar-refractivity contribution in [3.05, 3.63) is 11.3 Å². The minimum Gasteiger partial charge on any atom is -0.300 e. The molecule has 0 heterocycles. The first kappa shape index (κ1) is 24.1. The first-order chi connectivity index (χ1) is 11.5. The molecule has 24 heavy (non-hydrogen) atoms. The quantitative estimate of drug-likeness (QED) is 0.339. The van der Waals surface area contributed by atoms with Crippen molar-refractivity contribution in [3.8, 4) is 0 Å². The van der Waals surface area contributed by atoms with Crippen LogP contribution >= 0.6 is 0 Å². The zero-order valence-electron chi connectivity index (χ0n) is 18.0. The van der Waals surface area contributed by atoms with E-state index in [1.807, 2.05) is 0 Å². The molecule has 0 fully saturated rings. The van der Waals surface area contributed by atoms with Crippen LogP contribution in [0.3, 0.4) is 0 Å². The first-order valence-corrected chi connectivity index (χ1v) is 14.2. The fraction of sp³-hybridized carbons (Fsp3) is 0.895. The molecule has 0 rings (SSSR count). The van der Waals surface area contributed by atoms with Gasteiger partial charge in [0.1, 0.15) is 0 Å². The van der Waals surface area contributed by atoms with E-state index in [0.29, 0.717) is 0 Å². The topological polar surface area (TPSA) is 9.72 Å². The van der Waals surface area contributed by atoms with Gasteiger partial charge < -0.3 is 0 Å². The smallest absolute Gasteiger partial charge is 0.289 e. The number of hydrogen-bond acceptors (Lipinski definition) is 3. The summed E-state index contributed by atoms with van der Waals surface area (Å²) in [6.45, 7) is 25.7. The van der Waals surface area contributed by atoms with Gasteiger partial charge in [0, 0.05) is 9.52 Å². The van der Waals surface area contributed by atoms with Gasteiger partial charge in [0.25, 0.3) is 8.56 Å². The monoisotopic (exact) mass is 371 g/mol. The second-order valence-corrected chi connectivity index (χ2v) is 12.5. The summed E-state index contributed by atoms with van der Waals surface area (Å²) in [6, 6.07) is 2.87. The van der Waals surface area contributed by atoms with Gasteiger partial charge >= 0.3 is 0 Å². The highest BCUT2D eigenvalue weighted by Crippen LogP contribution is 2.27. The van der Waals surface area contributed by atoms with Crippen LogP contribution in [-0.2, 0) is 0 Å². The van der Waals surface area contributed by atoms with E-state index in [-0.39, 0.29) is 9.52 Å². The molecule has 0 atom stereocenters. The van der Waals surface area contributed by atoms with E-state index < -0.39 is 8.56 Å². The molecule has 0 aromatic heterocycles. The fourth-order valence-corrected chi connectivity index (χ4v) is 11.9. The molecule has 0 amide bonds. The van der Waals surface area contributed by atoms with Gasteiger partial charge in [-0.05, 0) is 59.2 Å². The van der Waals surface area contributed by atoms with Gasteiger partial charge in [0.2, 0.25) is 0 Å². The lowest BCUT2D eigenvalue weighted by molar-refractivity contribution is 0.260. The number of allylic oxidation sites excluding steroid dienone is 1. The number of hydrogen-bond donors (Lipinski definition) is 0. The Kier molecular flexibility index (Phi) is 13.3. The standard InChI is InChI=1S/C19H45N3Si2/c1-9-20(10-2)24(21(11-3)12-4,22(13-5)14-6)17-15-16-23-18-19(7)8/h18H,9-17,23H2,1-8H3. The second-order valence-electron chi connectivity index (χ2n) is 6.82. The van der Waals surface area contributed by atoms with Crippen LogP contribution in [0.1, 0.15) is 61.8 Å². The van der Waals surface area contributed by atoms with Gasteiger partial charge in [-0.15, -0.1) is 5.70 Å². The van der Waals surface area contributed by atoms with E-state index in [2.05, 4.69) is 74.8 Å². The summed E-state index contributed by atoms with van der Waals surface area (Å²) in [5, 5.41) is 0. The normalized spacial score (nSPS) is 13.0. The maximum Gasteiger partial charge on any atom is 0.289 e. The van der Waals surface area contributed by atoms with Crippen LogP contribution in [0.2, 0.25) is 12.1 Å². The third-order valence-corrected chi connectivity index (χ3v) is 13.3. The predicted molar refractivity (Wildman–Crippen MR) is 117 cm³/mol. The van der Waals surface area contributed by atoms with Crippen LogP contribution in [-0.4, -0.2) is 71.0 Å². The summed E-state index contributed by atoms with van der Waals surface area (Å²) in [5.74, 6) is 0. The Balaban J connectivity index is 5.50. The molecular formula is C19H45N3Si2. The molecule has 0 bridgehead atoms. The van der Waals surface area contributed by atoms with Crippen molar-refractivity contribution in [2.75, 3.05) is 39.3 Å². The van der Waals surface area contributed by atoms with E-state index in [1.54, 1.807) is 0 Å². The molecule has 0 aliphatic carbocycles. The molecule has 0 aliphatic heterocycles. The molecule has 144 valence electrons. The Morgan fingerprint density at radius 3 is 1.42 bits per heavy atom. The number of nitrogens with zero attached hydrogens (tertiary/aromatic N) is 3. The molecule has 0 aliphatic rings. The lowest BCUT2D eigenvalue weighted by atomic mass is 10.4. The fourth-order valence-electron chi connectivity index (χ4n) is 4.16. The van der Waals surface area contributed by atoms with Crippen molar-refractivity contribution in [1.29, 1.82) is 0 Å². The number of rotatable bonds is 14. The molecular weight excluding hydrogens is 326 g/mol. The highest BCUT2D eigenvalue weighted by Gasteiger charge is 2.47. The Labute approximate surface area is 156 Å². The lowest BCUT2D eigenvalue weighted by Gasteiger charge is -2.53. The van der Waals surface area contributed by atoms with Gasteiger partial charge in [0.05, 0.1) is 0 Å². The molecule has 0 saturated carbocycles. The van der Waals surface area contributed by atoms with Gasteiger partial charge in [0.15, 0.2) is 0 Å². The minimum atomic E-state index is -1.76. The highest BCUT2D eigenvalue weighted by atomic mass is 28.4. The molecule has 0 saturated heterocycles. The molecule has 0 aromatic rings. The van der Waals surface area contributed by atoms with Crippen molar-refractivity contribution < 1.29 is 0 Å². The van der Waals surface area contributed by atoms with E-state index in [9.17, 15) is 0 Å². The van der Waals surface area contributed by atoms with Crippen molar-refractivity contribution in [1.82, 2.24) is 13.7 Å². The summed E-state index contributed by atoms with van der Waals surface area (Å²) in [7, 11) is -1.77. The largest absolute Gasteiger partial charge is 0.300 e. The Morgan fingerprint density at radius 1 is 0.750 bits per heavy atom. The van der Waals surface area contributed by atoms with Gasteiger partial charge in [-0.3, -0.25) is 13.7 Å². The van der Waals surface area contributed by atoms with Gasteiger partial charge in [-0.1, -0.05) is 59.6 Å². The molecule has 0 unspecified atom stereocenters. The second kappa shape index (κ2) is 13.3. The lowest BCUT2D eigenvalue weighted by Crippen LogP contribution is -2.75. The van der Waals surface area contributed by atoms with Crippen molar-refractivity contribution in [3.63, 3.8) is 0 Å². The average molecular weight is 372 g/mol. The summed E-state index contributed by atoms with van der Waals surface area (Å²) in [5.41, 5.74) is 4.05. The molecule has 5 heteroatoms. The highest BCUT2D eigenvalue weighted by molar-refractivity contribution is 6.71. The Morgan fingerprint density at radius 2 is 1.12 bits per heavy atom. The zero-order valence-corrected chi connectivity index (χ0v) is 20.4. The van der Waals surface area contributed by atoms with E-state index >= 15 is 0 Å². The summed E-state index contributed by atoms with van der Waals surface area (Å²) >= 11 is 0. The van der Waals surface area contributed by atoms with E-state index in [4.69, 9.17) is 0 Å². The third kappa shape index (κ3) is 6.41. The van der Waals surface area contributed by atoms with Crippen LogP contribution in [0, 0.1) is 0 Å². The molecule has 0 N–H and O–H groups in total. The summed E-state index contributed by atoms with van der Waals surface area (Å²) < 4.78 is 8.53. The third-order valence-electron chi connectivity index (χ3n) is 5.33. The van der Waals surface area contributed by atoms with Crippen molar-refractivity contribution in [2.45, 2.75) is 73.9 Å². The zero-order chi connectivity index (χ0) is 18.6. The average Bonchev–Trinajstić information content (AvgIpc) is 2.57. The SMILES string of the molecule is CCN(CC)[Si](CCC[SiH2]C=C(C)C)(N(CC)CC)N(CC)CC. The Hall–Kier alpha value is 0.0538. The predicted octanol–water partition coefficient (Wildman–Crippen LogP) is 3.85. The van der Waals surface area contributed by atoms with E-state index in [0.717, 1.165) is 0 Å². The van der Waals surface area contributed by atoms with Crippen LogP contribution in [0.4, 0.5) is 0 Å². The Bertz CT molecular complexity index is 300. The van der Waals surface area contributed by atoms with Crippen molar-refractivity contribution >= 4 is 18.1 Å². The van der Waals surface area contributed by atoms with Crippen LogP contribution in [0.15, 0.2) is 11.3 Å². The molecule has 0 spiro atoms. The van der Waals surface area contributed by atoms with Crippen LogP contribution in [0.5, 0.6) is 0 Å².